The van der Waals surface area contributed by atoms with Crippen molar-refractivity contribution < 1.29 is 0 Å². The van der Waals surface area contributed by atoms with E-state index in [4.69, 9.17) is 5.73 Å². The van der Waals surface area contributed by atoms with Gasteiger partial charge in [-0.25, -0.2) is 4.98 Å². The van der Waals surface area contributed by atoms with Gasteiger partial charge in [0.2, 0.25) is 0 Å². The van der Waals surface area contributed by atoms with Crippen LogP contribution in [0.3, 0.4) is 0 Å². The van der Waals surface area contributed by atoms with Crippen LogP contribution in [0, 0.1) is 12.8 Å². The standard InChI is InChI=1S/C15H23N3/c1-11-8-9-17-15(14(11)16)18-10-4-6-12-5-2-3-7-13(12)18/h8-9,12-13H,2-7,10,16H2,1H3/t12-,13-/m1/s1. The van der Waals surface area contributed by atoms with Crippen molar-refractivity contribution in [3.8, 4) is 0 Å². The molecule has 0 unspecified atom stereocenters. The number of nitrogen functional groups attached to an aromatic ring is 1. The summed E-state index contributed by atoms with van der Waals surface area (Å²) in [6.07, 6.45) is 10.1. The Morgan fingerprint density at radius 1 is 1.22 bits per heavy atom. The minimum Gasteiger partial charge on any atom is -0.396 e. The highest BCUT2D eigenvalue weighted by atomic mass is 15.2. The summed E-state index contributed by atoms with van der Waals surface area (Å²) in [7, 11) is 0. The largest absolute Gasteiger partial charge is 0.396 e. The molecule has 1 saturated heterocycles. The van der Waals surface area contributed by atoms with Crippen molar-refractivity contribution in [1.29, 1.82) is 0 Å². The van der Waals surface area contributed by atoms with Crippen molar-refractivity contribution in [2.45, 2.75) is 51.5 Å². The van der Waals surface area contributed by atoms with Crippen LogP contribution < -0.4 is 10.6 Å². The number of hydrogen-bond donors (Lipinski definition) is 1. The Hall–Kier alpha value is -1.25. The number of fused-ring (bicyclic) bond motifs is 1. The molecule has 1 aromatic rings. The van der Waals surface area contributed by atoms with Gasteiger partial charge in [-0.05, 0) is 50.2 Å². The third kappa shape index (κ3) is 1.96. The third-order valence-electron chi connectivity index (χ3n) is 4.70. The fourth-order valence-corrected chi connectivity index (χ4v) is 3.67. The molecule has 2 N–H and O–H groups in total. The van der Waals surface area contributed by atoms with Gasteiger partial charge in [-0.2, -0.15) is 0 Å². The van der Waals surface area contributed by atoms with Crippen molar-refractivity contribution in [3.05, 3.63) is 17.8 Å². The molecular weight excluding hydrogens is 222 g/mol. The first-order valence-electron chi connectivity index (χ1n) is 7.25. The van der Waals surface area contributed by atoms with E-state index in [0.29, 0.717) is 6.04 Å². The first-order valence-corrected chi connectivity index (χ1v) is 7.25. The van der Waals surface area contributed by atoms with Crippen LogP contribution >= 0.6 is 0 Å². The lowest BCUT2D eigenvalue weighted by molar-refractivity contribution is 0.243. The Morgan fingerprint density at radius 3 is 2.89 bits per heavy atom. The number of anilines is 2. The highest BCUT2D eigenvalue weighted by molar-refractivity contribution is 5.67. The quantitative estimate of drug-likeness (QED) is 0.826. The van der Waals surface area contributed by atoms with Gasteiger partial charge in [-0.3, -0.25) is 0 Å². The van der Waals surface area contributed by atoms with Gasteiger partial charge >= 0.3 is 0 Å². The van der Waals surface area contributed by atoms with E-state index in [-0.39, 0.29) is 0 Å². The second-order valence-electron chi connectivity index (χ2n) is 5.81. The zero-order valence-electron chi connectivity index (χ0n) is 11.2. The normalized spacial score (nSPS) is 27.9. The molecule has 0 spiro atoms. The SMILES string of the molecule is Cc1ccnc(N2CCC[C@H]3CCCC[C@H]32)c1N. The molecule has 3 rings (SSSR count). The summed E-state index contributed by atoms with van der Waals surface area (Å²) < 4.78 is 0. The molecule has 1 aromatic heterocycles. The summed E-state index contributed by atoms with van der Waals surface area (Å²) in [5.74, 6) is 1.90. The predicted octanol–water partition coefficient (Wildman–Crippen LogP) is 3.13. The van der Waals surface area contributed by atoms with Crippen molar-refractivity contribution in [3.63, 3.8) is 0 Å². The maximum Gasteiger partial charge on any atom is 0.152 e. The molecule has 0 amide bonds. The van der Waals surface area contributed by atoms with E-state index >= 15 is 0 Å². The molecule has 2 heterocycles. The molecule has 2 fully saturated rings. The van der Waals surface area contributed by atoms with Gasteiger partial charge in [0.25, 0.3) is 0 Å². The van der Waals surface area contributed by atoms with Crippen LogP contribution in [0.5, 0.6) is 0 Å². The Kier molecular flexibility index (Phi) is 3.14. The number of hydrogen-bond acceptors (Lipinski definition) is 3. The molecule has 1 saturated carbocycles. The lowest BCUT2D eigenvalue weighted by Crippen LogP contribution is -2.47. The van der Waals surface area contributed by atoms with E-state index in [1.807, 2.05) is 12.3 Å². The lowest BCUT2D eigenvalue weighted by Gasteiger charge is -2.45. The van der Waals surface area contributed by atoms with Gasteiger partial charge in [-0.1, -0.05) is 12.8 Å². The molecule has 1 aliphatic heterocycles. The van der Waals surface area contributed by atoms with Crippen molar-refractivity contribution >= 4 is 11.5 Å². The monoisotopic (exact) mass is 245 g/mol. The van der Waals surface area contributed by atoms with E-state index in [1.54, 1.807) is 0 Å². The van der Waals surface area contributed by atoms with Crippen LogP contribution in [0.25, 0.3) is 0 Å². The maximum absolute atomic E-state index is 6.23. The number of rotatable bonds is 1. The van der Waals surface area contributed by atoms with Crippen LogP contribution in [-0.2, 0) is 0 Å². The maximum atomic E-state index is 6.23. The van der Waals surface area contributed by atoms with Crippen LogP contribution in [0.2, 0.25) is 0 Å². The smallest absolute Gasteiger partial charge is 0.152 e. The molecule has 2 aliphatic rings. The average Bonchev–Trinajstić information content (AvgIpc) is 2.41. The predicted molar refractivity (Wildman–Crippen MR) is 75.7 cm³/mol. The molecular formula is C15H23N3. The Morgan fingerprint density at radius 2 is 2.00 bits per heavy atom. The summed E-state index contributed by atoms with van der Waals surface area (Å²) in [4.78, 5) is 7.05. The highest BCUT2D eigenvalue weighted by Crippen LogP contribution is 2.38. The first-order chi connectivity index (χ1) is 8.77. The molecule has 18 heavy (non-hydrogen) atoms. The summed E-state index contributed by atoms with van der Waals surface area (Å²) >= 11 is 0. The molecule has 0 radical (unpaired) electrons. The average molecular weight is 245 g/mol. The zero-order chi connectivity index (χ0) is 12.5. The van der Waals surface area contributed by atoms with Gasteiger partial charge in [0.15, 0.2) is 5.82 Å². The van der Waals surface area contributed by atoms with E-state index in [1.165, 1.54) is 38.5 Å². The van der Waals surface area contributed by atoms with Crippen molar-refractivity contribution in [2.75, 3.05) is 17.2 Å². The Balaban J connectivity index is 1.92. The number of nitrogens with zero attached hydrogens (tertiary/aromatic N) is 2. The van der Waals surface area contributed by atoms with E-state index in [9.17, 15) is 0 Å². The first kappa shape index (κ1) is 11.8. The Bertz CT molecular complexity index is 428. The van der Waals surface area contributed by atoms with Crippen LogP contribution in [0.15, 0.2) is 12.3 Å². The van der Waals surface area contributed by atoms with E-state index < -0.39 is 0 Å². The molecule has 2 atom stereocenters. The lowest BCUT2D eigenvalue weighted by atomic mass is 9.78. The summed E-state index contributed by atoms with van der Waals surface area (Å²) in [5, 5.41) is 0. The van der Waals surface area contributed by atoms with Gasteiger partial charge < -0.3 is 10.6 Å². The summed E-state index contributed by atoms with van der Waals surface area (Å²) in [5.41, 5.74) is 8.26. The van der Waals surface area contributed by atoms with Crippen LogP contribution in [0.1, 0.15) is 44.1 Å². The number of aryl methyl sites for hydroxylation is 1. The summed E-state index contributed by atoms with van der Waals surface area (Å²) in [6, 6.07) is 2.69. The number of piperidine rings is 1. The minimum absolute atomic E-state index is 0.684. The molecule has 0 bridgehead atoms. The molecule has 0 aromatic carbocycles. The van der Waals surface area contributed by atoms with Crippen molar-refractivity contribution in [2.24, 2.45) is 5.92 Å². The van der Waals surface area contributed by atoms with E-state index in [0.717, 1.165) is 29.5 Å². The van der Waals surface area contributed by atoms with E-state index in [2.05, 4.69) is 16.8 Å². The molecule has 3 heteroatoms. The topological polar surface area (TPSA) is 42.2 Å². The van der Waals surface area contributed by atoms with Gasteiger partial charge in [-0.15, -0.1) is 0 Å². The second-order valence-corrected chi connectivity index (χ2v) is 5.81. The summed E-state index contributed by atoms with van der Waals surface area (Å²) in [6.45, 7) is 3.20. The molecule has 98 valence electrons. The Labute approximate surface area is 109 Å². The fourth-order valence-electron chi connectivity index (χ4n) is 3.67. The fraction of sp³-hybridized carbons (Fsp3) is 0.667. The van der Waals surface area contributed by atoms with Gasteiger partial charge in [0.05, 0.1) is 5.69 Å². The third-order valence-corrected chi connectivity index (χ3v) is 4.70. The van der Waals surface area contributed by atoms with Crippen LogP contribution in [-0.4, -0.2) is 17.6 Å². The number of pyridine rings is 1. The zero-order valence-corrected chi connectivity index (χ0v) is 11.2. The van der Waals surface area contributed by atoms with Gasteiger partial charge in [0.1, 0.15) is 0 Å². The van der Waals surface area contributed by atoms with Gasteiger partial charge in [0, 0.05) is 18.8 Å². The number of nitrogens with two attached hydrogens (primary N) is 1. The minimum atomic E-state index is 0.684. The van der Waals surface area contributed by atoms with Crippen LogP contribution in [0.4, 0.5) is 11.5 Å². The van der Waals surface area contributed by atoms with Crippen molar-refractivity contribution in [1.82, 2.24) is 4.98 Å². The molecule has 3 nitrogen and oxygen atoms in total. The second kappa shape index (κ2) is 4.79. The highest BCUT2D eigenvalue weighted by Gasteiger charge is 2.34. The number of aromatic nitrogens is 1. The molecule has 1 aliphatic carbocycles.